The highest BCUT2D eigenvalue weighted by Gasteiger charge is 2.22. The molecule has 2 heterocycles. The van der Waals surface area contributed by atoms with Gasteiger partial charge in [0, 0.05) is 25.0 Å². The molecule has 6 nitrogen and oxygen atoms in total. The molecule has 0 fully saturated rings. The molecule has 0 spiro atoms. The molecule has 0 aliphatic heterocycles. The van der Waals surface area contributed by atoms with Crippen LogP contribution in [0.3, 0.4) is 0 Å². The van der Waals surface area contributed by atoms with Gasteiger partial charge >= 0.3 is 0 Å². The average Bonchev–Trinajstić information content (AvgIpc) is 3.05. The number of benzene rings is 1. The first-order valence-electron chi connectivity index (χ1n) is 7.45. The van der Waals surface area contributed by atoms with Crippen LogP contribution in [0.4, 0.5) is 5.82 Å². The minimum Gasteiger partial charge on any atom is -0.496 e. The molecule has 124 valence electrons. The quantitative estimate of drug-likeness (QED) is 0.695. The number of imidazole rings is 1. The molecule has 0 amide bonds. The van der Waals surface area contributed by atoms with E-state index in [0.29, 0.717) is 5.82 Å². The number of methoxy groups -OCH3 is 1. The Hall–Kier alpha value is -2.54. The van der Waals surface area contributed by atoms with Crippen molar-refractivity contribution in [2.75, 3.05) is 18.7 Å². The molecule has 2 aromatic heterocycles. The van der Waals surface area contributed by atoms with Gasteiger partial charge in [-0.3, -0.25) is 4.98 Å². The molecular weight excluding hydrogens is 322 g/mol. The third-order valence-electron chi connectivity index (χ3n) is 3.68. The summed E-state index contributed by atoms with van der Waals surface area (Å²) in [4.78, 5) is 13.3. The van der Waals surface area contributed by atoms with Crippen molar-refractivity contribution in [3.8, 4) is 5.75 Å². The second kappa shape index (κ2) is 7.35. The fourth-order valence-corrected chi connectivity index (χ4v) is 2.86. The summed E-state index contributed by atoms with van der Waals surface area (Å²) in [6, 6.07) is 7.70. The van der Waals surface area contributed by atoms with Gasteiger partial charge in [0.05, 0.1) is 19.5 Å². The van der Waals surface area contributed by atoms with Crippen LogP contribution in [0, 0.1) is 0 Å². The number of nitrogens with zero attached hydrogens (tertiary/aromatic N) is 4. The van der Waals surface area contributed by atoms with Gasteiger partial charge in [-0.2, -0.15) is 0 Å². The van der Waals surface area contributed by atoms with Crippen molar-refractivity contribution in [2.24, 2.45) is 7.05 Å². The summed E-state index contributed by atoms with van der Waals surface area (Å²) in [5.41, 5.74) is 0.991. The van der Waals surface area contributed by atoms with Gasteiger partial charge in [-0.05, 0) is 12.3 Å². The maximum atomic E-state index is 5.53. The Morgan fingerprint density at radius 2 is 2.08 bits per heavy atom. The number of anilines is 1. The third kappa shape index (κ3) is 3.35. The van der Waals surface area contributed by atoms with Crippen molar-refractivity contribution in [1.29, 1.82) is 0 Å². The van der Waals surface area contributed by atoms with E-state index in [0.717, 1.165) is 22.2 Å². The minimum absolute atomic E-state index is 0.201. The van der Waals surface area contributed by atoms with Gasteiger partial charge in [0.25, 0.3) is 0 Å². The predicted octanol–water partition coefficient (Wildman–Crippen LogP) is 3.14. The minimum atomic E-state index is -0.201. The number of ether oxygens (including phenoxy) is 1. The first-order valence-corrected chi connectivity index (χ1v) is 8.68. The summed E-state index contributed by atoms with van der Waals surface area (Å²) in [5, 5.41) is 4.30. The molecule has 0 bridgehead atoms. The number of para-hydroxylation sites is 1. The van der Waals surface area contributed by atoms with Crippen LogP contribution in [-0.2, 0) is 7.05 Å². The van der Waals surface area contributed by atoms with Crippen LogP contribution in [0.2, 0.25) is 0 Å². The van der Waals surface area contributed by atoms with E-state index < -0.39 is 0 Å². The molecule has 1 N–H and O–H groups in total. The number of hydrogen-bond donors (Lipinski definition) is 1. The van der Waals surface area contributed by atoms with E-state index in [1.807, 2.05) is 48.3 Å². The lowest BCUT2D eigenvalue weighted by molar-refractivity contribution is 0.408. The normalized spacial score (nSPS) is 12.0. The van der Waals surface area contributed by atoms with Gasteiger partial charge in [-0.1, -0.05) is 18.2 Å². The van der Waals surface area contributed by atoms with Crippen molar-refractivity contribution in [3.05, 3.63) is 60.4 Å². The molecule has 0 radical (unpaired) electrons. The van der Waals surface area contributed by atoms with Crippen LogP contribution in [-0.4, -0.2) is 32.9 Å². The topological polar surface area (TPSA) is 64.9 Å². The van der Waals surface area contributed by atoms with E-state index in [2.05, 4.69) is 20.3 Å². The molecule has 3 rings (SSSR count). The molecule has 0 saturated heterocycles. The summed E-state index contributed by atoms with van der Waals surface area (Å²) in [6.07, 6.45) is 9.14. The number of hydrogen-bond acceptors (Lipinski definition) is 6. The maximum Gasteiger partial charge on any atom is 0.146 e. The van der Waals surface area contributed by atoms with Crippen LogP contribution >= 0.6 is 11.8 Å². The van der Waals surface area contributed by atoms with E-state index in [-0.39, 0.29) is 6.04 Å². The van der Waals surface area contributed by atoms with Crippen LogP contribution in [0.5, 0.6) is 5.75 Å². The lowest BCUT2D eigenvalue weighted by atomic mass is 10.0. The number of thioether (sulfide) groups is 1. The van der Waals surface area contributed by atoms with Gasteiger partial charge in [-0.25, -0.2) is 9.97 Å². The van der Waals surface area contributed by atoms with Gasteiger partial charge in [0.1, 0.15) is 28.5 Å². The first kappa shape index (κ1) is 16.3. The monoisotopic (exact) mass is 341 g/mol. The molecule has 24 heavy (non-hydrogen) atoms. The molecular formula is C17H19N5OS. The molecule has 1 aromatic carbocycles. The fourth-order valence-electron chi connectivity index (χ4n) is 2.51. The molecule has 0 saturated carbocycles. The van der Waals surface area contributed by atoms with Gasteiger partial charge in [0.15, 0.2) is 0 Å². The Labute approximate surface area is 145 Å². The highest BCUT2D eigenvalue weighted by atomic mass is 32.2. The van der Waals surface area contributed by atoms with Crippen molar-refractivity contribution in [1.82, 2.24) is 19.5 Å². The van der Waals surface area contributed by atoms with E-state index in [4.69, 9.17) is 4.74 Å². The zero-order chi connectivity index (χ0) is 16.9. The summed E-state index contributed by atoms with van der Waals surface area (Å²) in [6.45, 7) is 0. The lowest BCUT2D eigenvalue weighted by Gasteiger charge is -2.21. The molecule has 0 aliphatic rings. The van der Waals surface area contributed by atoms with Gasteiger partial charge in [0.2, 0.25) is 0 Å². The summed E-state index contributed by atoms with van der Waals surface area (Å²) < 4.78 is 7.51. The Balaban J connectivity index is 2.04. The average molecular weight is 341 g/mol. The van der Waals surface area contributed by atoms with Crippen molar-refractivity contribution in [3.63, 3.8) is 0 Å². The number of nitrogens with one attached hydrogen (secondary N) is 1. The fraction of sp³-hybridized carbons (Fsp3) is 0.235. The number of rotatable bonds is 6. The largest absolute Gasteiger partial charge is 0.496 e. The van der Waals surface area contributed by atoms with Crippen molar-refractivity contribution < 1.29 is 4.74 Å². The third-order valence-corrected chi connectivity index (χ3v) is 4.30. The maximum absolute atomic E-state index is 5.53. The summed E-state index contributed by atoms with van der Waals surface area (Å²) >= 11 is 1.56. The summed E-state index contributed by atoms with van der Waals surface area (Å²) in [7, 11) is 3.64. The van der Waals surface area contributed by atoms with Gasteiger partial charge < -0.3 is 14.6 Å². The Kier molecular flexibility index (Phi) is 5.00. The smallest absolute Gasteiger partial charge is 0.146 e. The van der Waals surface area contributed by atoms with E-state index >= 15 is 0 Å². The number of aryl methyl sites for hydroxylation is 1. The molecule has 1 unspecified atom stereocenters. The zero-order valence-electron chi connectivity index (χ0n) is 13.8. The highest BCUT2D eigenvalue weighted by Crippen LogP contribution is 2.31. The second-order valence-electron chi connectivity index (χ2n) is 5.16. The second-order valence-corrected chi connectivity index (χ2v) is 5.99. The van der Waals surface area contributed by atoms with E-state index in [9.17, 15) is 0 Å². The first-order chi connectivity index (χ1) is 11.7. The molecule has 3 aromatic rings. The van der Waals surface area contributed by atoms with Crippen LogP contribution in [0.1, 0.15) is 17.4 Å². The van der Waals surface area contributed by atoms with Crippen LogP contribution in [0.15, 0.2) is 54.1 Å². The Morgan fingerprint density at radius 1 is 1.25 bits per heavy atom. The van der Waals surface area contributed by atoms with E-state index in [1.165, 1.54) is 0 Å². The van der Waals surface area contributed by atoms with Crippen LogP contribution < -0.4 is 10.1 Å². The van der Waals surface area contributed by atoms with Crippen molar-refractivity contribution in [2.45, 2.75) is 11.1 Å². The van der Waals surface area contributed by atoms with Gasteiger partial charge in [-0.15, -0.1) is 11.8 Å². The SMILES string of the molecule is COc1ccccc1C(Nc1cncc(SC)n1)c1nccn1C. The zero-order valence-corrected chi connectivity index (χ0v) is 14.6. The molecule has 1 atom stereocenters. The van der Waals surface area contributed by atoms with Crippen molar-refractivity contribution >= 4 is 17.6 Å². The highest BCUT2D eigenvalue weighted by molar-refractivity contribution is 7.98. The molecule has 0 aliphatic carbocycles. The lowest BCUT2D eigenvalue weighted by Crippen LogP contribution is -2.18. The Morgan fingerprint density at radius 3 is 2.79 bits per heavy atom. The molecule has 7 heteroatoms. The van der Waals surface area contributed by atoms with E-state index in [1.54, 1.807) is 37.5 Å². The standard InChI is InChI=1S/C17H19N5OS/c1-22-9-8-19-17(22)16(12-6-4-5-7-13(12)23-2)21-14-10-18-11-15(20-14)24-3/h4-11,16H,1-3H3,(H,20,21). The number of aromatic nitrogens is 4. The predicted molar refractivity (Wildman–Crippen MR) is 95.5 cm³/mol. The Bertz CT molecular complexity index is 820. The van der Waals surface area contributed by atoms with Crippen LogP contribution in [0.25, 0.3) is 0 Å². The summed E-state index contributed by atoms with van der Waals surface area (Å²) in [5.74, 6) is 2.36.